The quantitative estimate of drug-likeness (QED) is 0.608. The zero-order valence-electron chi connectivity index (χ0n) is 18.3. The van der Waals surface area contributed by atoms with Crippen LogP contribution in [0.15, 0.2) is 66.7 Å². The summed E-state index contributed by atoms with van der Waals surface area (Å²) in [6.07, 6.45) is 0.607. The number of ether oxygens (including phenoxy) is 2. The predicted octanol–water partition coefficient (Wildman–Crippen LogP) is 4.11. The monoisotopic (exact) mass is 434 g/mol. The van der Waals surface area contributed by atoms with Gasteiger partial charge < -0.3 is 14.8 Å². The molecule has 0 spiro atoms. The van der Waals surface area contributed by atoms with Crippen LogP contribution in [0.2, 0.25) is 0 Å². The van der Waals surface area contributed by atoms with Crippen LogP contribution in [-0.4, -0.2) is 38.1 Å². The Morgan fingerprint density at radius 2 is 1.56 bits per heavy atom. The second-order valence-corrected chi connectivity index (χ2v) is 7.89. The molecule has 0 unspecified atom stereocenters. The molecular weight excluding hydrogens is 407 g/mol. The Morgan fingerprint density at radius 3 is 2.12 bits per heavy atom. The van der Waals surface area contributed by atoms with E-state index in [9.17, 15) is 9.18 Å². The van der Waals surface area contributed by atoms with Crippen LogP contribution in [0.1, 0.15) is 28.3 Å². The Labute approximate surface area is 187 Å². The van der Waals surface area contributed by atoms with Gasteiger partial charge in [-0.2, -0.15) is 0 Å². The van der Waals surface area contributed by atoms with Gasteiger partial charge in [0.2, 0.25) is 5.91 Å². The fourth-order valence-electron chi connectivity index (χ4n) is 4.12. The van der Waals surface area contributed by atoms with Crippen molar-refractivity contribution >= 4 is 5.91 Å². The average molecular weight is 435 g/mol. The molecule has 0 saturated carbocycles. The lowest BCUT2D eigenvalue weighted by Crippen LogP contribution is -2.41. The third-order valence-electron chi connectivity index (χ3n) is 5.86. The van der Waals surface area contributed by atoms with E-state index < -0.39 is 0 Å². The number of rotatable bonds is 7. The number of carbonyl (C=O) groups excluding carboxylic acids is 1. The molecule has 1 aliphatic rings. The SMILES string of the molecule is COc1ccc(C(NC(=O)CN2CCc3c(F)cccc3C2)c2ccc(OC)cc2)cc1. The normalized spacial score (nSPS) is 13.5. The van der Waals surface area contributed by atoms with E-state index in [4.69, 9.17) is 9.47 Å². The molecule has 3 aromatic carbocycles. The molecule has 6 heteroatoms. The highest BCUT2D eigenvalue weighted by Crippen LogP contribution is 2.26. The molecule has 0 atom stereocenters. The minimum absolute atomic E-state index is 0.0820. The van der Waals surface area contributed by atoms with Gasteiger partial charge in [0, 0.05) is 13.1 Å². The molecule has 0 aromatic heterocycles. The van der Waals surface area contributed by atoms with Gasteiger partial charge in [-0.1, -0.05) is 36.4 Å². The van der Waals surface area contributed by atoms with Crippen molar-refractivity contribution in [1.82, 2.24) is 10.2 Å². The number of halogens is 1. The van der Waals surface area contributed by atoms with Crippen LogP contribution in [-0.2, 0) is 17.8 Å². The third-order valence-corrected chi connectivity index (χ3v) is 5.86. The molecule has 0 radical (unpaired) electrons. The number of carbonyl (C=O) groups is 1. The van der Waals surface area contributed by atoms with Crippen molar-refractivity contribution in [3.63, 3.8) is 0 Å². The van der Waals surface area contributed by atoms with Crippen molar-refractivity contribution in [2.45, 2.75) is 19.0 Å². The fraction of sp³-hybridized carbons (Fsp3) is 0.269. The summed E-state index contributed by atoms with van der Waals surface area (Å²) in [6.45, 7) is 1.46. The van der Waals surface area contributed by atoms with E-state index in [-0.39, 0.29) is 24.3 Å². The lowest BCUT2D eigenvalue weighted by atomic mass is 9.98. The van der Waals surface area contributed by atoms with Gasteiger partial charge in [-0.3, -0.25) is 9.69 Å². The minimum atomic E-state index is -0.311. The summed E-state index contributed by atoms with van der Waals surface area (Å²) in [5.41, 5.74) is 3.62. The van der Waals surface area contributed by atoms with Gasteiger partial charge in [-0.25, -0.2) is 4.39 Å². The van der Waals surface area contributed by atoms with Crippen LogP contribution < -0.4 is 14.8 Å². The summed E-state index contributed by atoms with van der Waals surface area (Å²) >= 11 is 0. The number of amides is 1. The highest BCUT2D eigenvalue weighted by molar-refractivity contribution is 5.79. The topological polar surface area (TPSA) is 50.8 Å². The largest absolute Gasteiger partial charge is 0.497 e. The van der Waals surface area contributed by atoms with E-state index in [2.05, 4.69) is 10.2 Å². The Balaban J connectivity index is 1.50. The molecule has 0 bridgehead atoms. The molecule has 1 amide bonds. The highest BCUT2D eigenvalue weighted by atomic mass is 19.1. The van der Waals surface area contributed by atoms with Crippen LogP contribution >= 0.6 is 0 Å². The molecule has 1 aliphatic heterocycles. The number of hydrogen-bond donors (Lipinski definition) is 1. The van der Waals surface area contributed by atoms with Crippen molar-refractivity contribution in [2.75, 3.05) is 27.3 Å². The van der Waals surface area contributed by atoms with Crippen molar-refractivity contribution in [1.29, 1.82) is 0 Å². The average Bonchev–Trinajstić information content (AvgIpc) is 2.83. The van der Waals surface area contributed by atoms with Crippen molar-refractivity contribution in [3.05, 3.63) is 94.8 Å². The van der Waals surface area contributed by atoms with Crippen LogP contribution in [0.4, 0.5) is 4.39 Å². The zero-order valence-corrected chi connectivity index (χ0v) is 18.3. The summed E-state index contributed by atoms with van der Waals surface area (Å²) < 4.78 is 24.5. The van der Waals surface area contributed by atoms with Crippen LogP contribution in [0, 0.1) is 5.82 Å². The number of fused-ring (bicyclic) bond motifs is 1. The Bertz CT molecular complexity index is 1020. The number of methoxy groups -OCH3 is 2. The Morgan fingerprint density at radius 1 is 0.969 bits per heavy atom. The van der Waals surface area contributed by atoms with Crippen LogP contribution in [0.25, 0.3) is 0 Å². The molecule has 3 aromatic rings. The molecule has 1 heterocycles. The molecule has 5 nitrogen and oxygen atoms in total. The second-order valence-electron chi connectivity index (χ2n) is 7.89. The van der Waals surface area contributed by atoms with Gasteiger partial charge in [-0.05, 0) is 59.0 Å². The summed E-state index contributed by atoms with van der Waals surface area (Å²) in [5.74, 6) is 1.27. The maximum atomic E-state index is 14.0. The summed E-state index contributed by atoms with van der Waals surface area (Å²) in [5, 5.41) is 3.17. The van der Waals surface area contributed by atoms with Gasteiger partial charge in [0.25, 0.3) is 0 Å². The first-order valence-electron chi connectivity index (χ1n) is 10.6. The Hall–Kier alpha value is -3.38. The lowest BCUT2D eigenvalue weighted by Gasteiger charge is -2.29. The van der Waals surface area contributed by atoms with Gasteiger partial charge in [0.1, 0.15) is 17.3 Å². The molecule has 4 rings (SSSR count). The van der Waals surface area contributed by atoms with Crippen molar-refractivity contribution in [3.8, 4) is 11.5 Å². The first-order valence-corrected chi connectivity index (χ1v) is 10.6. The second kappa shape index (κ2) is 9.83. The van der Waals surface area contributed by atoms with E-state index in [0.717, 1.165) is 33.8 Å². The highest BCUT2D eigenvalue weighted by Gasteiger charge is 2.23. The number of nitrogens with one attached hydrogen (secondary N) is 1. The summed E-state index contributed by atoms with van der Waals surface area (Å²) in [7, 11) is 3.25. The maximum absolute atomic E-state index is 14.0. The predicted molar refractivity (Wildman–Crippen MR) is 121 cm³/mol. The summed E-state index contributed by atoms with van der Waals surface area (Å²) in [4.78, 5) is 15.1. The number of nitrogens with zero attached hydrogens (tertiary/aromatic N) is 1. The summed E-state index contributed by atoms with van der Waals surface area (Å²) in [6, 6.07) is 20.2. The molecular formula is C26H27FN2O3. The van der Waals surface area contributed by atoms with E-state index in [0.29, 0.717) is 19.5 Å². The zero-order chi connectivity index (χ0) is 22.5. The van der Waals surface area contributed by atoms with E-state index in [1.807, 2.05) is 54.6 Å². The van der Waals surface area contributed by atoms with E-state index in [1.165, 1.54) is 6.07 Å². The van der Waals surface area contributed by atoms with Gasteiger partial charge in [0.05, 0.1) is 26.8 Å². The minimum Gasteiger partial charge on any atom is -0.497 e. The van der Waals surface area contributed by atoms with Crippen LogP contribution in [0.5, 0.6) is 11.5 Å². The molecule has 0 aliphatic carbocycles. The van der Waals surface area contributed by atoms with Crippen LogP contribution in [0.3, 0.4) is 0 Å². The first kappa shape index (κ1) is 21.8. The maximum Gasteiger partial charge on any atom is 0.234 e. The lowest BCUT2D eigenvalue weighted by molar-refractivity contribution is -0.123. The number of hydrogen-bond acceptors (Lipinski definition) is 4. The van der Waals surface area contributed by atoms with Gasteiger partial charge in [-0.15, -0.1) is 0 Å². The molecule has 32 heavy (non-hydrogen) atoms. The van der Waals surface area contributed by atoms with E-state index >= 15 is 0 Å². The van der Waals surface area contributed by atoms with Crippen molar-refractivity contribution < 1.29 is 18.7 Å². The molecule has 1 N–H and O–H groups in total. The Kier molecular flexibility index (Phi) is 6.71. The van der Waals surface area contributed by atoms with E-state index in [1.54, 1.807) is 20.3 Å². The molecule has 0 fully saturated rings. The van der Waals surface area contributed by atoms with Crippen molar-refractivity contribution in [2.24, 2.45) is 0 Å². The fourth-order valence-corrected chi connectivity index (χ4v) is 4.12. The third kappa shape index (κ3) is 4.92. The van der Waals surface area contributed by atoms with Gasteiger partial charge >= 0.3 is 0 Å². The molecule has 0 saturated heterocycles. The molecule has 166 valence electrons. The number of benzene rings is 3. The standard InChI is InChI=1S/C26H27FN2O3/c1-31-21-10-6-18(7-11-21)26(19-8-12-22(32-2)13-9-19)28-25(30)17-29-15-14-23-20(16-29)4-3-5-24(23)27/h3-13,26H,14-17H2,1-2H3,(H,28,30). The first-order chi connectivity index (χ1) is 15.6. The smallest absolute Gasteiger partial charge is 0.234 e. The van der Waals surface area contributed by atoms with Gasteiger partial charge in [0.15, 0.2) is 0 Å².